The third-order valence-electron chi connectivity index (χ3n) is 0. The Balaban J connectivity index is 0. The normalized spacial score (nSPS) is 0. The van der Waals surface area contributed by atoms with Gasteiger partial charge in [0.05, 0.1) is 0 Å². The van der Waals surface area contributed by atoms with Gasteiger partial charge in [0.25, 0.3) is 0 Å². The van der Waals surface area contributed by atoms with Gasteiger partial charge in [-0.2, -0.15) is 0 Å². The predicted octanol–water partition coefficient (Wildman–Crippen LogP) is 0.570. The Morgan fingerprint density at radius 3 is 0.400 bits per heavy atom. The fraction of sp³-hybridized carbons (Fsp3) is 0. The maximum Gasteiger partial charge on any atom is 2.00 e. The summed E-state index contributed by atoms with van der Waals surface area (Å²) >= 11 is 0. The average molecular weight is 347 g/mol. The van der Waals surface area contributed by atoms with Gasteiger partial charge in [-0.1, -0.05) is 0 Å². The maximum atomic E-state index is 0. The molecule has 0 aromatic rings. The minimum atomic E-state index is 0. The van der Waals surface area contributed by atoms with Crippen LogP contribution >= 0.6 is 0 Å². The van der Waals surface area contributed by atoms with Gasteiger partial charge < -0.3 is 12.3 Å². The Morgan fingerprint density at radius 1 is 0.400 bits per heavy atom. The second-order valence-corrected chi connectivity index (χ2v) is 0. The van der Waals surface area contributed by atoms with E-state index >= 15 is 0 Å². The van der Waals surface area contributed by atoms with Crippen molar-refractivity contribution in [1.82, 2.24) is 0 Å². The molecule has 0 saturated carbocycles. The molecule has 0 fully saturated rings. The number of rotatable bonds is 0. The van der Waals surface area contributed by atoms with Crippen molar-refractivity contribution in [2.24, 2.45) is 0 Å². The van der Waals surface area contributed by atoms with Crippen LogP contribution in [0.25, 0.3) is 12.3 Å². The first-order chi connectivity index (χ1) is 0. The molecule has 0 aliphatic carbocycles. The van der Waals surface area contributed by atoms with Gasteiger partial charge in [-0.05, 0) is 0 Å². The zero-order valence-corrected chi connectivity index (χ0v) is 6.51. The summed E-state index contributed by atoms with van der Waals surface area (Å²) < 4.78 is 0. The van der Waals surface area contributed by atoms with E-state index in [1.807, 2.05) is 0 Å². The molecule has 0 aromatic carbocycles. The fourth-order valence-corrected chi connectivity index (χ4v) is 0. The van der Waals surface area contributed by atoms with Gasteiger partial charge in [0.2, 0.25) is 0 Å². The van der Waals surface area contributed by atoms with Gasteiger partial charge in [-0.25, -0.2) is 0 Å². The molecule has 5 heteroatoms. The molecule has 0 aliphatic heterocycles. The van der Waals surface area contributed by atoms with Crippen LogP contribution in [0.1, 0.15) is 0 Å². The number of hydrogen-bond acceptors (Lipinski definition) is 0. The molecule has 0 aliphatic rings. The van der Waals surface area contributed by atoms with E-state index in [0.29, 0.717) is 0 Å². The molecule has 0 aromatic heterocycles. The van der Waals surface area contributed by atoms with Crippen LogP contribution in [0, 0.1) is 0 Å². The second-order valence-electron chi connectivity index (χ2n) is 0. The maximum absolute atomic E-state index is 0. The van der Waals surface area contributed by atoms with Crippen LogP contribution in [0.2, 0.25) is 0 Å². The van der Waals surface area contributed by atoms with Crippen molar-refractivity contribution in [3.63, 3.8) is 0 Å². The minimum absolute atomic E-state index is 0. The monoisotopic (exact) mass is 346 g/mol. The smallest absolute Gasteiger partial charge is 2.00 e. The molecule has 0 atom stereocenters. The van der Waals surface area contributed by atoms with E-state index in [0.717, 1.165) is 0 Å². The molecule has 0 N–H and O–H groups in total. The van der Waals surface area contributed by atoms with Crippen molar-refractivity contribution in [2.45, 2.75) is 0 Å². The van der Waals surface area contributed by atoms with Crippen molar-refractivity contribution in [2.75, 3.05) is 0 Å². The van der Waals surface area contributed by atoms with Crippen molar-refractivity contribution < 1.29 is 61.3 Å². The Labute approximate surface area is 73.0 Å². The molecule has 0 bridgehead atoms. The van der Waals surface area contributed by atoms with Crippen molar-refractivity contribution in [1.29, 1.82) is 0 Å². The summed E-state index contributed by atoms with van der Waals surface area (Å²) in [7, 11) is 0. The van der Waals surface area contributed by atoms with E-state index in [9.17, 15) is 0 Å². The van der Waals surface area contributed by atoms with Gasteiger partial charge in [0, 0.05) is 0 Å². The topological polar surface area (TPSA) is 61.0 Å². The molecule has 0 heterocycles. The van der Waals surface area contributed by atoms with Crippen LogP contribution in [0.4, 0.5) is 0 Å². The minimum Gasteiger partial charge on any atom is -3.00 e. The van der Waals surface area contributed by atoms with E-state index < -0.39 is 0 Å². The molecule has 0 unspecified atom stereocenters. The Hall–Kier alpha value is 1.91. The summed E-state index contributed by atoms with van der Waals surface area (Å²) in [5.41, 5.74) is 0. The average Bonchev–Trinajstić information content (AvgIpc) is 0. The summed E-state index contributed by atoms with van der Waals surface area (Å²) in [6.45, 7) is 0. The largest absolute Gasteiger partial charge is 3.00 e. The first kappa shape index (κ1) is 66.3. The van der Waals surface area contributed by atoms with Gasteiger partial charge in [-0.3, -0.25) is 0 Å². The van der Waals surface area contributed by atoms with E-state index in [-0.39, 0.29) is 73.6 Å². The standard InChI is InChI=1S/2N.3Pd/q2*-3;3*+2. The van der Waals surface area contributed by atoms with E-state index in [1.54, 1.807) is 0 Å². The van der Waals surface area contributed by atoms with Crippen molar-refractivity contribution in [3.05, 3.63) is 12.3 Å². The predicted molar refractivity (Wildman–Crippen MR) is 6.72 cm³/mol. The van der Waals surface area contributed by atoms with Crippen molar-refractivity contribution >= 4 is 0 Å². The second kappa shape index (κ2) is 39.1. The van der Waals surface area contributed by atoms with Crippen LogP contribution < -0.4 is 0 Å². The van der Waals surface area contributed by atoms with E-state index in [1.165, 1.54) is 0 Å². The van der Waals surface area contributed by atoms with Gasteiger partial charge in [0.1, 0.15) is 0 Å². The van der Waals surface area contributed by atoms with Crippen LogP contribution in [0.5, 0.6) is 0 Å². The summed E-state index contributed by atoms with van der Waals surface area (Å²) in [6, 6.07) is 0. The summed E-state index contributed by atoms with van der Waals surface area (Å²) in [5.74, 6) is 0. The molecule has 0 amide bonds. The molecular formula is N2Pd3. The van der Waals surface area contributed by atoms with Gasteiger partial charge in [0.15, 0.2) is 0 Å². The zero-order valence-electron chi connectivity index (χ0n) is 1.84. The first-order valence-corrected chi connectivity index (χ1v) is 0. The fourth-order valence-electron chi connectivity index (χ4n) is 0. The van der Waals surface area contributed by atoms with Gasteiger partial charge >= 0.3 is 61.3 Å². The Morgan fingerprint density at radius 2 is 0.400 bits per heavy atom. The third-order valence-corrected chi connectivity index (χ3v) is 0. The third kappa shape index (κ3) is 24.8. The molecule has 40 valence electrons. The van der Waals surface area contributed by atoms with E-state index in [4.69, 9.17) is 0 Å². The first-order valence-electron chi connectivity index (χ1n) is 0. The summed E-state index contributed by atoms with van der Waals surface area (Å²) in [4.78, 5) is 0. The quantitative estimate of drug-likeness (QED) is 0.576. The number of hydrogen-bond donors (Lipinski definition) is 0. The number of nitrogens with zero attached hydrogens (tertiary/aromatic N) is 2. The molecule has 0 saturated heterocycles. The molecule has 0 spiro atoms. The van der Waals surface area contributed by atoms with Crippen molar-refractivity contribution in [3.8, 4) is 0 Å². The van der Waals surface area contributed by atoms with Crippen LogP contribution in [-0.4, -0.2) is 0 Å². The molecular weight excluding hydrogens is 347 g/mol. The van der Waals surface area contributed by atoms with Crippen LogP contribution in [0.15, 0.2) is 0 Å². The Bertz CT molecular complexity index is 4.85. The molecule has 2 nitrogen and oxygen atoms in total. The summed E-state index contributed by atoms with van der Waals surface area (Å²) in [5, 5.41) is 0. The Kier molecular flexibility index (Phi) is 518. The van der Waals surface area contributed by atoms with E-state index in [2.05, 4.69) is 0 Å². The van der Waals surface area contributed by atoms with Crippen LogP contribution in [-0.2, 0) is 61.3 Å². The zero-order chi connectivity index (χ0) is 0. The molecule has 5 heavy (non-hydrogen) atoms. The van der Waals surface area contributed by atoms with Crippen LogP contribution in [0.3, 0.4) is 0 Å². The molecule has 0 radical (unpaired) electrons. The van der Waals surface area contributed by atoms with Gasteiger partial charge in [-0.15, -0.1) is 0 Å². The SMILES string of the molecule is [N-3].[N-3].[Pd+2].[Pd+2].[Pd+2]. The molecule has 0 rings (SSSR count). The summed E-state index contributed by atoms with van der Waals surface area (Å²) in [6.07, 6.45) is 0.